The van der Waals surface area contributed by atoms with Crippen LogP contribution in [0.25, 0.3) is 0 Å². The maximum Gasteiger partial charge on any atom is 0.337 e. The highest BCUT2D eigenvalue weighted by atomic mass is 35.5. The third-order valence-electron chi connectivity index (χ3n) is 7.13. The van der Waals surface area contributed by atoms with Crippen LogP contribution in [0.5, 0.6) is 11.5 Å². The number of allylic oxidation sites excluding steroid dienone is 3. The number of ketones is 1. The predicted molar refractivity (Wildman–Crippen MR) is 149 cm³/mol. The molecule has 2 aromatic carbocycles. The van der Waals surface area contributed by atoms with Gasteiger partial charge >= 0.3 is 11.9 Å². The Morgan fingerprint density at radius 1 is 1.05 bits per heavy atom. The Morgan fingerprint density at radius 2 is 1.74 bits per heavy atom. The molecule has 2 aliphatic rings. The van der Waals surface area contributed by atoms with Gasteiger partial charge in [-0.05, 0) is 74.9 Å². The molecule has 39 heavy (non-hydrogen) atoms. The van der Waals surface area contributed by atoms with Crippen molar-refractivity contribution >= 4 is 29.3 Å². The number of hydrogen-bond acceptors (Lipinski definition) is 7. The minimum Gasteiger partial charge on any atom is -0.490 e. The zero-order chi connectivity index (χ0) is 28.3. The van der Waals surface area contributed by atoms with Crippen LogP contribution < -0.4 is 14.8 Å². The van der Waals surface area contributed by atoms with Crippen LogP contribution in [0.4, 0.5) is 0 Å². The number of ether oxygens (including phenoxy) is 3. The summed E-state index contributed by atoms with van der Waals surface area (Å²) >= 11 is 6.09. The predicted octanol–water partition coefficient (Wildman–Crippen LogP) is 6.37. The lowest BCUT2D eigenvalue weighted by Gasteiger charge is -2.37. The van der Waals surface area contributed by atoms with E-state index in [1.54, 1.807) is 18.2 Å². The monoisotopic (exact) mass is 551 g/mol. The van der Waals surface area contributed by atoms with Gasteiger partial charge in [0.15, 0.2) is 17.3 Å². The highest BCUT2D eigenvalue weighted by molar-refractivity contribution is 6.30. The van der Waals surface area contributed by atoms with Crippen LogP contribution in [0, 0.1) is 0 Å². The Balaban J connectivity index is 1.82. The van der Waals surface area contributed by atoms with Crippen molar-refractivity contribution in [1.29, 1.82) is 0 Å². The molecule has 1 aliphatic carbocycles. The summed E-state index contributed by atoms with van der Waals surface area (Å²) in [5.74, 6) is -1.04. The fraction of sp³-hybridized carbons (Fsp3) is 0.387. The molecule has 0 bridgehead atoms. The Labute approximate surface area is 234 Å². The van der Waals surface area contributed by atoms with E-state index in [4.69, 9.17) is 25.8 Å². The summed E-state index contributed by atoms with van der Waals surface area (Å²) in [4.78, 5) is 39.0. The summed E-state index contributed by atoms with van der Waals surface area (Å²) in [6, 6.07) is 12.7. The number of benzene rings is 2. The van der Waals surface area contributed by atoms with Gasteiger partial charge in [-0.3, -0.25) is 9.59 Å². The van der Waals surface area contributed by atoms with Gasteiger partial charge in [-0.25, -0.2) is 4.79 Å². The molecular formula is C31H34ClNO6. The van der Waals surface area contributed by atoms with E-state index in [1.807, 2.05) is 52.0 Å². The molecule has 0 spiro atoms. The average molecular weight is 552 g/mol. The number of carbonyl (C=O) groups excluding carboxylic acids is 3. The van der Waals surface area contributed by atoms with Gasteiger partial charge in [0.05, 0.1) is 18.3 Å². The number of nitrogens with one attached hydrogen (secondary N) is 1. The van der Waals surface area contributed by atoms with E-state index in [9.17, 15) is 14.4 Å². The molecule has 1 aliphatic heterocycles. The smallest absolute Gasteiger partial charge is 0.337 e. The number of carbonyl (C=O) groups is 3. The van der Waals surface area contributed by atoms with Crippen molar-refractivity contribution in [2.45, 2.75) is 71.8 Å². The summed E-state index contributed by atoms with van der Waals surface area (Å²) in [5.41, 5.74) is 4.07. The van der Waals surface area contributed by atoms with Crippen molar-refractivity contribution in [3.8, 4) is 11.5 Å². The summed E-state index contributed by atoms with van der Waals surface area (Å²) in [5, 5.41) is 4.01. The van der Waals surface area contributed by atoms with Crippen molar-refractivity contribution < 1.29 is 28.6 Å². The van der Waals surface area contributed by atoms with Crippen LogP contribution >= 0.6 is 11.6 Å². The van der Waals surface area contributed by atoms with Gasteiger partial charge in [0.2, 0.25) is 0 Å². The number of Topliss-reactive ketones (excluding diaryl/α,β-unsaturated/α-hetero) is 1. The summed E-state index contributed by atoms with van der Waals surface area (Å²) in [6.07, 6.45) is 1.29. The molecule has 1 N–H and O–H groups in total. The fourth-order valence-corrected chi connectivity index (χ4v) is 5.28. The van der Waals surface area contributed by atoms with E-state index < -0.39 is 17.9 Å². The Morgan fingerprint density at radius 3 is 2.38 bits per heavy atom. The Bertz CT molecular complexity index is 1340. The summed E-state index contributed by atoms with van der Waals surface area (Å²) in [6.45, 7) is 9.11. The standard InChI is InChI=1S/C31H34ClNO6/c1-6-17(3)38-31(36)28-18(4)33-24-14-22(20-8-11-23(32)12-9-20)15-25(35)30(24)29(28)21-10-13-26(39-19(5)34)27(16-21)37-7-2/h8-13,16-17,22,29,33H,6-7,14-15H2,1-5H3/t17-,22-,29+/m0/s1. The number of esters is 2. The molecule has 0 fully saturated rings. The van der Waals surface area contributed by atoms with E-state index >= 15 is 0 Å². The fourth-order valence-electron chi connectivity index (χ4n) is 5.15. The van der Waals surface area contributed by atoms with Crippen LogP contribution in [0.2, 0.25) is 5.02 Å². The highest BCUT2D eigenvalue weighted by Gasteiger charge is 2.42. The quantitative estimate of drug-likeness (QED) is 0.301. The molecular weight excluding hydrogens is 518 g/mol. The van der Waals surface area contributed by atoms with Gasteiger partial charge in [-0.1, -0.05) is 36.7 Å². The number of rotatable bonds is 8. The van der Waals surface area contributed by atoms with Gasteiger partial charge in [0, 0.05) is 41.3 Å². The zero-order valence-electron chi connectivity index (χ0n) is 22.9. The molecule has 0 unspecified atom stereocenters. The zero-order valence-corrected chi connectivity index (χ0v) is 23.7. The maximum atomic E-state index is 13.8. The molecule has 0 saturated heterocycles. The van der Waals surface area contributed by atoms with Crippen LogP contribution in [0.15, 0.2) is 65.0 Å². The maximum absolute atomic E-state index is 13.8. The second-order valence-electron chi connectivity index (χ2n) is 9.93. The van der Waals surface area contributed by atoms with E-state index in [0.717, 1.165) is 11.3 Å². The summed E-state index contributed by atoms with van der Waals surface area (Å²) in [7, 11) is 0. The van der Waals surface area contributed by atoms with Crippen molar-refractivity contribution in [2.75, 3.05) is 6.61 Å². The van der Waals surface area contributed by atoms with E-state index in [1.165, 1.54) is 6.92 Å². The SMILES string of the molecule is CCOc1cc([C@@H]2C(C(=O)O[C@@H](C)CC)=C(C)NC3=C2C(=O)C[C@@H](c2ccc(Cl)cc2)C3)ccc1OC(C)=O. The first kappa shape index (κ1) is 28.4. The lowest BCUT2D eigenvalue weighted by molar-refractivity contribution is -0.144. The molecule has 0 amide bonds. The van der Waals surface area contributed by atoms with E-state index in [-0.39, 0.29) is 23.6 Å². The third kappa shape index (κ3) is 6.19. The van der Waals surface area contributed by atoms with E-state index in [2.05, 4.69) is 5.32 Å². The first-order valence-electron chi connectivity index (χ1n) is 13.3. The molecule has 3 atom stereocenters. The second-order valence-corrected chi connectivity index (χ2v) is 10.4. The van der Waals surface area contributed by atoms with Crippen LogP contribution in [-0.2, 0) is 19.1 Å². The molecule has 7 nitrogen and oxygen atoms in total. The van der Waals surface area contributed by atoms with E-state index in [0.29, 0.717) is 59.0 Å². The van der Waals surface area contributed by atoms with Gasteiger partial charge in [0.1, 0.15) is 0 Å². The second kappa shape index (κ2) is 12.1. The van der Waals surface area contributed by atoms with Gasteiger partial charge in [-0.2, -0.15) is 0 Å². The van der Waals surface area contributed by atoms with Crippen LogP contribution in [-0.4, -0.2) is 30.4 Å². The number of hydrogen-bond donors (Lipinski definition) is 1. The van der Waals surface area contributed by atoms with Crippen molar-refractivity contribution in [3.63, 3.8) is 0 Å². The molecule has 1 heterocycles. The van der Waals surface area contributed by atoms with Gasteiger partial charge in [-0.15, -0.1) is 0 Å². The molecule has 2 aromatic rings. The molecule has 0 radical (unpaired) electrons. The molecule has 0 aromatic heterocycles. The Kier molecular flexibility index (Phi) is 8.80. The average Bonchev–Trinajstić information content (AvgIpc) is 2.88. The Hall–Kier alpha value is -3.58. The molecule has 206 valence electrons. The van der Waals surface area contributed by atoms with Gasteiger partial charge < -0.3 is 19.5 Å². The normalized spacial score (nSPS) is 19.7. The van der Waals surface area contributed by atoms with Gasteiger partial charge in [0.25, 0.3) is 0 Å². The first-order chi connectivity index (χ1) is 18.6. The minimum absolute atomic E-state index is 0.0200. The topological polar surface area (TPSA) is 90.9 Å². The third-order valence-corrected chi connectivity index (χ3v) is 7.38. The van der Waals surface area contributed by atoms with Crippen molar-refractivity contribution in [2.24, 2.45) is 0 Å². The number of halogens is 1. The number of dihydropyridines is 1. The highest BCUT2D eigenvalue weighted by Crippen LogP contribution is 2.47. The van der Waals surface area contributed by atoms with Crippen molar-refractivity contribution in [1.82, 2.24) is 5.32 Å². The lowest BCUT2D eigenvalue weighted by atomic mass is 9.71. The van der Waals surface area contributed by atoms with Crippen molar-refractivity contribution in [3.05, 3.63) is 81.2 Å². The molecule has 8 heteroatoms. The molecule has 4 rings (SSSR count). The first-order valence-corrected chi connectivity index (χ1v) is 13.7. The summed E-state index contributed by atoms with van der Waals surface area (Å²) < 4.78 is 16.9. The largest absolute Gasteiger partial charge is 0.490 e. The van der Waals surface area contributed by atoms with Crippen LogP contribution in [0.1, 0.15) is 76.8 Å². The molecule has 0 saturated carbocycles. The lowest BCUT2D eigenvalue weighted by Crippen LogP contribution is -2.36. The van der Waals surface area contributed by atoms with Crippen LogP contribution in [0.3, 0.4) is 0 Å². The minimum atomic E-state index is -0.665.